The number of aryl methyl sites for hydroxylation is 2. The van der Waals surface area contributed by atoms with Gasteiger partial charge in [-0.25, -0.2) is 12.7 Å². The maximum Gasteiger partial charge on any atom is 0.260 e. The third-order valence-electron chi connectivity index (χ3n) is 8.61. The summed E-state index contributed by atoms with van der Waals surface area (Å²) in [6.07, 6.45) is 10.8. The van der Waals surface area contributed by atoms with Crippen molar-refractivity contribution in [2.45, 2.75) is 96.9 Å². The molecule has 2 aliphatic rings. The summed E-state index contributed by atoms with van der Waals surface area (Å²) in [4.78, 5) is 31.6. The zero-order valence-corrected chi connectivity index (χ0v) is 26.7. The molecule has 1 aromatic rings. The number of piperidine rings is 1. The first-order valence-corrected chi connectivity index (χ1v) is 17.4. The quantitative estimate of drug-likeness (QED) is 0.203. The van der Waals surface area contributed by atoms with E-state index >= 15 is 0 Å². The van der Waals surface area contributed by atoms with Crippen LogP contribution in [0.15, 0.2) is 23.2 Å². The molecule has 0 aromatic heterocycles. The molecule has 2 aliphatic heterocycles. The van der Waals surface area contributed by atoms with Crippen LogP contribution in [0.2, 0.25) is 0 Å². The van der Waals surface area contributed by atoms with Gasteiger partial charge in [0.2, 0.25) is 15.9 Å². The van der Waals surface area contributed by atoms with Crippen LogP contribution in [-0.2, 0) is 30.8 Å². The molecule has 234 valence electrons. The van der Waals surface area contributed by atoms with E-state index in [1.165, 1.54) is 49.8 Å². The normalized spacial score (nSPS) is 17.0. The summed E-state index contributed by atoms with van der Waals surface area (Å²) in [5, 5.41) is 8.87. The summed E-state index contributed by atoms with van der Waals surface area (Å²) < 4.78 is 33.3. The van der Waals surface area contributed by atoms with Gasteiger partial charge in [-0.1, -0.05) is 51.5 Å². The molecule has 0 unspecified atom stereocenters. The zero-order valence-electron chi connectivity index (χ0n) is 25.9. The predicted molar refractivity (Wildman–Crippen MR) is 170 cm³/mol. The number of hydrogen-bond acceptors (Lipinski definition) is 7. The van der Waals surface area contributed by atoms with E-state index in [0.717, 1.165) is 35.3 Å². The summed E-state index contributed by atoms with van der Waals surface area (Å²) in [7, 11) is -3.06. The highest BCUT2D eigenvalue weighted by atomic mass is 32.2. The molecule has 2 heterocycles. The molecule has 9 nitrogen and oxygen atoms in total. The maximum atomic E-state index is 13.2. The average molecular weight is 604 g/mol. The second kappa shape index (κ2) is 16.7. The van der Waals surface area contributed by atoms with E-state index < -0.39 is 15.6 Å². The molecule has 1 aromatic carbocycles. The van der Waals surface area contributed by atoms with Gasteiger partial charge in [0.05, 0.1) is 25.6 Å². The molecule has 1 N–H and O–H groups in total. The lowest BCUT2D eigenvalue weighted by molar-refractivity contribution is -0.117. The number of rotatable bonds is 18. The van der Waals surface area contributed by atoms with Gasteiger partial charge in [-0.3, -0.25) is 9.79 Å². The van der Waals surface area contributed by atoms with E-state index in [4.69, 9.17) is 14.8 Å². The summed E-state index contributed by atoms with van der Waals surface area (Å²) in [6.45, 7) is 7.12. The molecule has 3 rings (SSSR count). The highest BCUT2D eigenvalue weighted by Crippen LogP contribution is 2.33. The van der Waals surface area contributed by atoms with E-state index in [2.05, 4.69) is 6.92 Å². The van der Waals surface area contributed by atoms with Crippen LogP contribution in [0.5, 0.6) is 0 Å². The predicted octanol–water partition coefficient (Wildman–Crippen LogP) is 3.58. The maximum absolute atomic E-state index is 13.2. The Labute approximate surface area is 253 Å². The number of anilines is 1. The third-order valence-corrected chi connectivity index (χ3v) is 10.5. The first kappa shape index (κ1) is 34.4. The van der Waals surface area contributed by atoms with Crippen molar-refractivity contribution in [3.63, 3.8) is 0 Å². The Balaban J connectivity index is 1.50. The molecule has 1 saturated heterocycles. The number of aliphatic hydroxyl groups is 1. The smallest absolute Gasteiger partial charge is 0.260 e. The second-order valence-electron chi connectivity index (χ2n) is 11.8. The molecule has 1 fully saturated rings. The van der Waals surface area contributed by atoms with Gasteiger partial charge in [-0.05, 0) is 67.9 Å². The van der Waals surface area contributed by atoms with Gasteiger partial charge in [0, 0.05) is 32.2 Å². The largest absolute Gasteiger partial charge is 0.394 e. The highest BCUT2D eigenvalue weighted by molar-refractivity contribution is 7.89. The number of unbranched alkanes of at least 4 members (excludes halogenated alkanes) is 6. The number of sulfonamides is 1. The van der Waals surface area contributed by atoms with Gasteiger partial charge in [0.1, 0.15) is 11.2 Å². The second-order valence-corrected chi connectivity index (χ2v) is 13.9. The Bertz CT molecular complexity index is 1180. The number of benzene rings is 1. The van der Waals surface area contributed by atoms with Crippen molar-refractivity contribution >= 4 is 40.2 Å². The van der Waals surface area contributed by atoms with E-state index in [1.807, 2.05) is 25.1 Å². The Morgan fingerprint density at radius 1 is 1.10 bits per heavy atom. The topological polar surface area (TPSA) is 117 Å². The van der Waals surface area contributed by atoms with Gasteiger partial charge in [-0.15, -0.1) is 0 Å². The number of hydrogen-bond donors (Lipinski definition) is 1. The van der Waals surface area contributed by atoms with E-state index in [1.54, 1.807) is 4.90 Å². The third kappa shape index (κ3) is 9.72. The van der Waals surface area contributed by atoms with Crippen LogP contribution >= 0.6 is 0 Å². The zero-order chi connectivity index (χ0) is 30.6. The van der Waals surface area contributed by atoms with Crippen LogP contribution < -0.4 is 4.90 Å². The summed E-state index contributed by atoms with van der Waals surface area (Å²) in [5.41, 5.74) is 3.01. The first-order valence-electron chi connectivity index (χ1n) is 15.8. The number of carbonyl (C=O) groups is 2. The minimum Gasteiger partial charge on any atom is -0.394 e. The van der Waals surface area contributed by atoms with E-state index in [0.29, 0.717) is 52.8 Å². The average Bonchev–Trinajstić information content (AvgIpc) is 3.25. The van der Waals surface area contributed by atoms with Crippen LogP contribution in [0.1, 0.15) is 89.2 Å². The number of nitrogens with zero attached hydrogens (tertiary/aromatic N) is 3. The Kier molecular flexibility index (Phi) is 13.7. The molecule has 0 bridgehead atoms. The van der Waals surface area contributed by atoms with Gasteiger partial charge >= 0.3 is 0 Å². The SMILES string of the molecule is CCCCCCCCCC1=NC2(CCN(S(=O)(=O)CCc3ccc(N(CCOCCO)C(C)=O)cc3C)CC2)C(=O)B1. The van der Waals surface area contributed by atoms with Crippen LogP contribution in [0.25, 0.3) is 0 Å². The van der Waals surface area contributed by atoms with Crippen molar-refractivity contribution in [1.29, 1.82) is 0 Å². The minimum absolute atomic E-state index is 0.00761. The first-order chi connectivity index (χ1) is 20.1. The van der Waals surface area contributed by atoms with Crippen molar-refractivity contribution in [3.05, 3.63) is 29.3 Å². The number of carbonyl (C=O) groups excluding carboxylic acids is 2. The number of ether oxygens (including phenoxy) is 1. The van der Waals surface area contributed by atoms with Crippen LogP contribution in [-0.4, -0.2) is 93.1 Å². The molecule has 0 aliphatic carbocycles. The fraction of sp³-hybridized carbons (Fsp3) is 0.710. The van der Waals surface area contributed by atoms with E-state index in [9.17, 15) is 18.0 Å². The Morgan fingerprint density at radius 3 is 2.43 bits per heavy atom. The lowest BCUT2D eigenvalue weighted by Gasteiger charge is -2.36. The fourth-order valence-electron chi connectivity index (χ4n) is 6.00. The number of aliphatic hydroxyl groups excluding tert-OH is 1. The van der Waals surface area contributed by atoms with Crippen LogP contribution in [0, 0.1) is 6.92 Å². The number of aliphatic imine (C=N–C) groups is 1. The van der Waals surface area contributed by atoms with E-state index in [-0.39, 0.29) is 30.6 Å². The molecule has 0 radical (unpaired) electrons. The van der Waals surface area contributed by atoms with Gasteiger partial charge in [0.25, 0.3) is 7.28 Å². The lowest BCUT2D eigenvalue weighted by atomic mass is 9.62. The highest BCUT2D eigenvalue weighted by Gasteiger charge is 2.46. The van der Waals surface area contributed by atoms with Gasteiger partial charge in [-0.2, -0.15) is 0 Å². The molecular weight excluding hydrogens is 553 g/mol. The molecule has 11 heteroatoms. The van der Waals surface area contributed by atoms with Gasteiger partial charge < -0.3 is 19.5 Å². The summed E-state index contributed by atoms with van der Waals surface area (Å²) in [6, 6.07) is 5.61. The van der Waals surface area contributed by atoms with Crippen molar-refractivity contribution in [1.82, 2.24) is 4.31 Å². The van der Waals surface area contributed by atoms with Crippen molar-refractivity contribution in [3.8, 4) is 0 Å². The number of amides is 1. The Hall–Kier alpha value is -2.08. The molecule has 0 atom stereocenters. The summed E-state index contributed by atoms with van der Waals surface area (Å²) in [5.74, 6) is -0.123. The van der Waals surface area contributed by atoms with Crippen molar-refractivity contribution in [2.24, 2.45) is 4.99 Å². The lowest BCUT2D eigenvalue weighted by Crippen LogP contribution is -2.49. The van der Waals surface area contributed by atoms with Crippen molar-refractivity contribution < 1.29 is 27.9 Å². The minimum atomic E-state index is -3.49. The molecule has 1 amide bonds. The van der Waals surface area contributed by atoms with Crippen molar-refractivity contribution in [2.75, 3.05) is 50.1 Å². The molecular formula is C31H50BN3O6S. The molecule has 42 heavy (non-hydrogen) atoms. The molecule has 0 saturated carbocycles. The summed E-state index contributed by atoms with van der Waals surface area (Å²) >= 11 is 0. The fourth-order valence-corrected chi connectivity index (χ4v) is 7.47. The van der Waals surface area contributed by atoms with Gasteiger partial charge in [0.15, 0.2) is 0 Å². The van der Waals surface area contributed by atoms with Crippen LogP contribution in [0.4, 0.5) is 5.69 Å². The van der Waals surface area contributed by atoms with Crippen LogP contribution in [0.3, 0.4) is 0 Å². The monoisotopic (exact) mass is 603 g/mol. The molecule has 1 spiro atoms. The Morgan fingerprint density at radius 2 is 1.79 bits per heavy atom. The standard InChI is InChI=1S/C31H50BN3O6S/c1-4-5-6-7-8-9-10-11-29-32-30(38)31(33-29)15-17-34(18-16-31)42(39,40)23-14-27-12-13-28(24-25(27)2)35(26(3)37)19-21-41-22-20-36/h12-13,24,32,36H,4-11,14-23H2,1-3H3.